The largest absolute Gasteiger partial charge is 0.444 e. The number of alkyl carbamates (subject to hydrolysis) is 1. The van der Waals surface area contributed by atoms with Gasteiger partial charge in [0.25, 0.3) is 5.91 Å². The molecule has 6 amide bonds. The molecule has 4 rings (SSSR count). The average molecular weight is 769 g/mol. The first-order chi connectivity index (χ1) is 25.8. The van der Waals surface area contributed by atoms with E-state index in [1.54, 1.807) is 72.1 Å². The average Bonchev–Trinajstić information content (AvgIpc) is 3.42. The van der Waals surface area contributed by atoms with Gasteiger partial charge in [-0.25, -0.2) is 4.79 Å². The predicted molar refractivity (Wildman–Crippen MR) is 203 cm³/mol. The van der Waals surface area contributed by atoms with Crippen LogP contribution in [0.5, 0.6) is 0 Å². The number of ketones is 1. The van der Waals surface area contributed by atoms with Crippen molar-refractivity contribution in [2.24, 2.45) is 17.3 Å². The van der Waals surface area contributed by atoms with Crippen LogP contribution in [0.25, 0.3) is 0 Å². The van der Waals surface area contributed by atoms with Gasteiger partial charge >= 0.3 is 6.09 Å². The molecule has 1 aromatic carbocycles. The Hall–Kier alpha value is -4.53. The second-order valence-electron chi connectivity index (χ2n) is 16.8. The lowest BCUT2D eigenvalue weighted by molar-refractivity contribution is -0.146. The minimum absolute atomic E-state index is 0.00579. The maximum absolute atomic E-state index is 14.3. The van der Waals surface area contributed by atoms with E-state index in [1.807, 2.05) is 13.8 Å². The van der Waals surface area contributed by atoms with Gasteiger partial charge in [0.2, 0.25) is 29.4 Å². The first-order valence-electron chi connectivity index (χ1n) is 19.4. The molecular formula is C40H60N6O9. The molecule has 0 radical (unpaired) electrons. The zero-order valence-electron chi connectivity index (χ0n) is 33.6. The Kier molecular flexibility index (Phi) is 14.5. The van der Waals surface area contributed by atoms with Gasteiger partial charge in [0.05, 0.1) is 18.7 Å². The summed E-state index contributed by atoms with van der Waals surface area (Å²) in [5.41, 5.74) is -0.525. The van der Waals surface area contributed by atoms with Gasteiger partial charge in [0.15, 0.2) is 0 Å². The molecule has 1 aromatic rings. The van der Waals surface area contributed by atoms with Crippen LogP contribution in [0, 0.1) is 17.3 Å². The standard InChI is InChI=1S/C40H60N6O9/c1-24-30(44-38(53)55-39(2,3)4)37(52)46-23-26-29(40(26,5)6)32(46)34(49)42-27(20-16-11-9-10-12-17-21-54-24)33(48)35(50)41-22-28(47)43-31(36(51)45(7)8)25-18-14-13-15-19-25/h13-15,18-19,24,26-27,29-32H,9-12,16-17,20-23H2,1-8H3,(H,41,50)(H,42,49)(H,43,47)(H,44,53)/t24?,26?,27-,29?,30-,31-,32-/m0/s1. The van der Waals surface area contributed by atoms with Crippen LogP contribution < -0.4 is 21.3 Å². The smallest absolute Gasteiger partial charge is 0.408 e. The second kappa shape index (κ2) is 18.4. The molecule has 304 valence electrons. The number of nitrogens with zero attached hydrogens (tertiary/aromatic N) is 2. The van der Waals surface area contributed by atoms with Gasteiger partial charge < -0.3 is 40.5 Å². The normalized spacial score (nSPS) is 26.5. The molecule has 2 aliphatic heterocycles. The van der Waals surface area contributed by atoms with Gasteiger partial charge in [0, 0.05) is 27.2 Å². The van der Waals surface area contributed by atoms with Crippen molar-refractivity contribution in [1.82, 2.24) is 31.1 Å². The van der Waals surface area contributed by atoms with Crippen LogP contribution in [0.1, 0.15) is 98.1 Å². The van der Waals surface area contributed by atoms with Crippen molar-refractivity contribution in [1.29, 1.82) is 0 Å². The third-order valence-corrected chi connectivity index (χ3v) is 10.8. The van der Waals surface area contributed by atoms with E-state index in [2.05, 4.69) is 21.3 Å². The molecule has 3 unspecified atom stereocenters. The third-order valence-electron chi connectivity index (χ3n) is 10.8. The molecule has 2 saturated heterocycles. The predicted octanol–water partition coefficient (Wildman–Crippen LogP) is 2.63. The highest BCUT2D eigenvalue weighted by atomic mass is 16.6. The van der Waals surface area contributed by atoms with E-state index in [-0.39, 0.29) is 36.1 Å². The van der Waals surface area contributed by atoms with Gasteiger partial charge in [-0.15, -0.1) is 0 Å². The first kappa shape index (κ1) is 43.2. The van der Waals surface area contributed by atoms with Gasteiger partial charge in [-0.2, -0.15) is 0 Å². The molecule has 4 N–H and O–H groups in total. The third kappa shape index (κ3) is 11.3. The summed E-state index contributed by atoms with van der Waals surface area (Å²) in [4.78, 5) is 97.2. The molecule has 3 aliphatic rings. The fourth-order valence-electron chi connectivity index (χ4n) is 7.66. The molecule has 15 nitrogen and oxygen atoms in total. The SMILES string of the molecule is CC1OCCCCCCCC[C@@H](C(=O)C(=O)NCC(=O)N[C@H](C(=O)N(C)C)c2ccccc2)NC(=O)[C@@H]2C3C(CN2C(=O)[C@H]1NC(=O)OC(C)(C)C)C3(C)C. The molecule has 0 bridgehead atoms. The Morgan fingerprint density at radius 2 is 1.64 bits per heavy atom. The quantitative estimate of drug-likeness (QED) is 0.288. The summed E-state index contributed by atoms with van der Waals surface area (Å²) < 4.78 is 11.5. The van der Waals surface area contributed by atoms with Crippen LogP contribution in [0.2, 0.25) is 0 Å². The van der Waals surface area contributed by atoms with Crippen molar-refractivity contribution < 1.29 is 43.0 Å². The number of likely N-dealkylation sites (N-methyl/N-ethyl adjacent to an activating group) is 1. The highest BCUT2D eigenvalue weighted by molar-refractivity contribution is 6.38. The molecule has 15 heteroatoms. The summed E-state index contributed by atoms with van der Waals surface area (Å²) in [5, 5.41) is 10.5. The maximum Gasteiger partial charge on any atom is 0.408 e. The number of carbonyl (C=O) groups is 7. The number of hydrogen-bond acceptors (Lipinski definition) is 9. The Balaban J connectivity index is 1.52. The summed E-state index contributed by atoms with van der Waals surface area (Å²) in [7, 11) is 3.13. The lowest BCUT2D eigenvalue weighted by Crippen LogP contribution is -2.60. The molecule has 7 atom stereocenters. The summed E-state index contributed by atoms with van der Waals surface area (Å²) in [6.07, 6.45) is 3.33. The first-order valence-corrected chi connectivity index (χ1v) is 19.4. The maximum atomic E-state index is 14.3. The van der Waals surface area contributed by atoms with E-state index >= 15 is 0 Å². The number of fused-ring (bicyclic) bond motifs is 3. The van der Waals surface area contributed by atoms with Gasteiger partial charge in [0.1, 0.15) is 23.7 Å². The summed E-state index contributed by atoms with van der Waals surface area (Å²) in [5.74, 6) is -4.32. The van der Waals surface area contributed by atoms with Crippen molar-refractivity contribution in [3.05, 3.63) is 35.9 Å². The topological polar surface area (TPSA) is 193 Å². The zero-order chi connectivity index (χ0) is 40.7. The Bertz CT molecular complexity index is 1580. The van der Waals surface area contributed by atoms with Gasteiger partial charge in [-0.1, -0.05) is 76.3 Å². The molecule has 1 saturated carbocycles. The van der Waals surface area contributed by atoms with Gasteiger partial charge in [-0.3, -0.25) is 28.8 Å². The number of carbonyl (C=O) groups excluding carboxylic acids is 7. The highest BCUT2D eigenvalue weighted by Gasteiger charge is 2.69. The van der Waals surface area contributed by atoms with Crippen molar-refractivity contribution in [3.63, 3.8) is 0 Å². The monoisotopic (exact) mass is 768 g/mol. The molecule has 0 spiro atoms. The van der Waals surface area contributed by atoms with Crippen molar-refractivity contribution in [2.75, 3.05) is 33.8 Å². The zero-order valence-corrected chi connectivity index (χ0v) is 33.6. The Morgan fingerprint density at radius 3 is 2.27 bits per heavy atom. The molecule has 2 heterocycles. The molecule has 3 fully saturated rings. The number of nitrogens with one attached hydrogen (secondary N) is 4. The van der Waals surface area contributed by atoms with E-state index in [0.29, 0.717) is 18.6 Å². The van der Waals surface area contributed by atoms with Crippen molar-refractivity contribution in [3.8, 4) is 0 Å². The number of benzene rings is 1. The number of hydrogen-bond donors (Lipinski definition) is 4. The van der Waals surface area contributed by atoms with Crippen molar-refractivity contribution >= 4 is 41.4 Å². The summed E-state index contributed by atoms with van der Waals surface area (Å²) in [6, 6.07) is 4.33. The van der Waals surface area contributed by atoms with Crippen LogP contribution in [-0.2, 0) is 38.2 Å². The van der Waals surface area contributed by atoms with Crippen molar-refractivity contribution in [2.45, 2.75) is 122 Å². The lowest BCUT2D eigenvalue weighted by Gasteiger charge is -2.35. The van der Waals surface area contributed by atoms with E-state index in [9.17, 15) is 33.6 Å². The van der Waals surface area contributed by atoms with E-state index in [1.165, 1.54) is 9.80 Å². The fourth-order valence-corrected chi connectivity index (χ4v) is 7.66. The molecule has 1 aliphatic carbocycles. The molecule has 55 heavy (non-hydrogen) atoms. The van der Waals surface area contributed by atoms with Crippen LogP contribution in [0.3, 0.4) is 0 Å². The fraction of sp³-hybridized carbons (Fsp3) is 0.675. The number of Topliss-reactive ketones (excluding diaryl/α,β-unsaturated/α-hetero) is 1. The minimum atomic E-state index is -1.21. The summed E-state index contributed by atoms with van der Waals surface area (Å²) in [6.45, 7) is 11.0. The van der Waals surface area contributed by atoms with Crippen LogP contribution in [0.4, 0.5) is 4.79 Å². The minimum Gasteiger partial charge on any atom is -0.444 e. The summed E-state index contributed by atoms with van der Waals surface area (Å²) >= 11 is 0. The van der Waals surface area contributed by atoms with Crippen LogP contribution in [-0.4, -0.2) is 115 Å². The number of amides is 6. The van der Waals surface area contributed by atoms with Crippen LogP contribution in [0.15, 0.2) is 30.3 Å². The molecular weight excluding hydrogens is 708 g/mol. The number of ether oxygens (including phenoxy) is 2. The van der Waals surface area contributed by atoms with E-state index in [4.69, 9.17) is 9.47 Å². The van der Waals surface area contributed by atoms with Gasteiger partial charge in [-0.05, 0) is 63.4 Å². The van der Waals surface area contributed by atoms with E-state index < -0.39 is 77.9 Å². The molecule has 0 aromatic heterocycles. The lowest BCUT2D eigenvalue weighted by atomic mass is 9.97. The second-order valence-corrected chi connectivity index (χ2v) is 16.8. The Morgan fingerprint density at radius 1 is 1.00 bits per heavy atom. The van der Waals surface area contributed by atoms with E-state index in [0.717, 1.165) is 32.1 Å². The number of rotatable bonds is 8. The number of piperidine rings is 1. The highest BCUT2D eigenvalue weighted by Crippen LogP contribution is 2.65. The van der Waals surface area contributed by atoms with Crippen LogP contribution >= 0.6 is 0 Å². The Labute approximate surface area is 324 Å².